The molecule has 0 saturated carbocycles. The maximum Gasteiger partial charge on any atom is 0.123 e. The van der Waals surface area contributed by atoms with Crippen molar-refractivity contribution in [2.24, 2.45) is 0 Å². The van der Waals surface area contributed by atoms with Gasteiger partial charge in [-0.1, -0.05) is 30.3 Å². The van der Waals surface area contributed by atoms with E-state index in [0.29, 0.717) is 12.1 Å². The average molecular weight is 264 g/mol. The lowest BCUT2D eigenvalue weighted by Gasteiger charge is -2.14. The van der Waals surface area contributed by atoms with E-state index in [2.05, 4.69) is 17.5 Å². The molecule has 20 heavy (non-hydrogen) atoms. The van der Waals surface area contributed by atoms with Gasteiger partial charge in [-0.2, -0.15) is 5.26 Å². The number of nitriles is 1. The van der Waals surface area contributed by atoms with Gasteiger partial charge in [-0.3, -0.25) is 0 Å². The number of aryl methyl sites for hydroxylation is 1. The Hall–Kier alpha value is -2.47. The molecule has 3 rings (SSSR count). The van der Waals surface area contributed by atoms with Crippen LogP contribution in [0, 0.1) is 18.3 Å². The van der Waals surface area contributed by atoms with Gasteiger partial charge in [0, 0.05) is 6.42 Å². The molecule has 0 amide bonds. The molecule has 1 aliphatic rings. The molecule has 1 heterocycles. The van der Waals surface area contributed by atoms with Crippen LogP contribution >= 0.6 is 0 Å². The van der Waals surface area contributed by atoms with Crippen LogP contribution in [0.3, 0.4) is 0 Å². The zero-order valence-electron chi connectivity index (χ0n) is 11.4. The molecule has 0 aromatic heterocycles. The highest BCUT2D eigenvalue weighted by molar-refractivity contribution is 5.60. The Bertz CT molecular complexity index is 648. The Morgan fingerprint density at radius 2 is 2.10 bits per heavy atom. The van der Waals surface area contributed by atoms with Crippen molar-refractivity contribution < 1.29 is 4.74 Å². The second kappa shape index (κ2) is 5.26. The highest BCUT2D eigenvalue weighted by Crippen LogP contribution is 2.28. The molecule has 0 saturated heterocycles. The van der Waals surface area contributed by atoms with Crippen molar-refractivity contribution >= 4 is 5.69 Å². The SMILES string of the molecule is Cc1cccc(NCC2Cc3ccccc3O2)c1C#N. The van der Waals surface area contributed by atoms with Gasteiger partial charge in [0.15, 0.2) is 0 Å². The first-order valence-corrected chi connectivity index (χ1v) is 6.76. The lowest BCUT2D eigenvalue weighted by molar-refractivity contribution is 0.246. The molecule has 3 nitrogen and oxygen atoms in total. The highest BCUT2D eigenvalue weighted by atomic mass is 16.5. The topological polar surface area (TPSA) is 45.0 Å². The molecule has 0 fully saturated rings. The molecular weight excluding hydrogens is 248 g/mol. The number of anilines is 1. The number of fused-ring (bicyclic) bond motifs is 1. The van der Waals surface area contributed by atoms with Crippen LogP contribution in [0.1, 0.15) is 16.7 Å². The van der Waals surface area contributed by atoms with Crippen LogP contribution in [0.5, 0.6) is 5.75 Å². The fourth-order valence-electron chi connectivity index (χ4n) is 2.56. The van der Waals surface area contributed by atoms with Gasteiger partial charge in [0.25, 0.3) is 0 Å². The van der Waals surface area contributed by atoms with Gasteiger partial charge in [0.05, 0.1) is 17.8 Å². The summed E-state index contributed by atoms with van der Waals surface area (Å²) in [6, 6.07) is 16.2. The monoisotopic (exact) mass is 264 g/mol. The molecule has 2 aromatic carbocycles. The van der Waals surface area contributed by atoms with Crippen molar-refractivity contribution in [1.29, 1.82) is 5.26 Å². The molecule has 1 N–H and O–H groups in total. The van der Waals surface area contributed by atoms with E-state index in [9.17, 15) is 5.26 Å². The van der Waals surface area contributed by atoms with Crippen molar-refractivity contribution in [2.75, 3.05) is 11.9 Å². The van der Waals surface area contributed by atoms with Crippen LogP contribution in [0.25, 0.3) is 0 Å². The van der Waals surface area contributed by atoms with E-state index in [4.69, 9.17) is 4.74 Å². The predicted molar refractivity (Wildman–Crippen MR) is 78.9 cm³/mol. The summed E-state index contributed by atoms with van der Waals surface area (Å²) >= 11 is 0. The summed E-state index contributed by atoms with van der Waals surface area (Å²) in [5, 5.41) is 12.5. The predicted octanol–water partition coefficient (Wildman–Crippen LogP) is 3.28. The van der Waals surface area contributed by atoms with E-state index in [-0.39, 0.29) is 6.10 Å². The zero-order chi connectivity index (χ0) is 13.9. The van der Waals surface area contributed by atoms with E-state index >= 15 is 0 Å². The molecular formula is C17H16N2O. The second-order valence-corrected chi connectivity index (χ2v) is 5.04. The third-order valence-corrected chi connectivity index (χ3v) is 3.62. The van der Waals surface area contributed by atoms with Gasteiger partial charge >= 0.3 is 0 Å². The van der Waals surface area contributed by atoms with Crippen LogP contribution in [-0.2, 0) is 6.42 Å². The number of ether oxygens (including phenoxy) is 1. The lowest BCUT2D eigenvalue weighted by Crippen LogP contribution is -2.24. The van der Waals surface area contributed by atoms with Gasteiger partial charge in [0.2, 0.25) is 0 Å². The molecule has 1 aliphatic heterocycles. The smallest absolute Gasteiger partial charge is 0.123 e. The summed E-state index contributed by atoms with van der Waals surface area (Å²) < 4.78 is 5.89. The van der Waals surface area contributed by atoms with Crippen molar-refractivity contribution in [3.63, 3.8) is 0 Å². The highest BCUT2D eigenvalue weighted by Gasteiger charge is 2.22. The maximum absolute atomic E-state index is 9.21. The number of hydrogen-bond acceptors (Lipinski definition) is 3. The Balaban J connectivity index is 1.68. The first-order chi connectivity index (χ1) is 9.78. The Kier molecular flexibility index (Phi) is 3.30. The van der Waals surface area contributed by atoms with Gasteiger partial charge in [-0.05, 0) is 30.2 Å². The van der Waals surface area contributed by atoms with Crippen LogP contribution in [0.2, 0.25) is 0 Å². The summed E-state index contributed by atoms with van der Waals surface area (Å²) in [7, 11) is 0. The molecule has 1 unspecified atom stereocenters. The standard InChI is InChI=1S/C17H16N2O/c1-12-5-4-7-16(15(12)10-18)19-11-14-9-13-6-2-3-8-17(13)20-14/h2-8,14,19H,9,11H2,1H3. The minimum atomic E-state index is 0.124. The Morgan fingerprint density at radius 1 is 1.25 bits per heavy atom. The summed E-state index contributed by atoms with van der Waals surface area (Å²) in [4.78, 5) is 0. The number of hydrogen-bond donors (Lipinski definition) is 1. The third kappa shape index (κ3) is 2.33. The molecule has 100 valence electrons. The van der Waals surface area contributed by atoms with E-state index < -0.39 is 0 Å². The number of nitrogens with zero attached hydrogens (tertiary/aromatic N) is 1. The van der Waals surface area contributed by atoms with Crippen molar-refractivity contribution in [3.8, 4) is 11.8 Å². The number of rotatable bonds is 3. The number of benzene rings is 2. The largest absolute Gasteiger partial charge is 0.488 e. The molecule has 0 radical (unpaired) electrons. The van der Waals surface area contributed by atoms with Crippen LogP contribution < -0.4 is 10.1 Å². The quantitative estimate of drug-likeness (QED) is 0.925. The first kappa shape index (κ1) is 12.6. The molecule has 2 aromatic rings. The fraction of sp³-hybridized carbons (Fsp3) is 0.235. The van der Waals surface area contributed by atoms with Gasteiger partial charge in [-0.25, -0.2) is 0 Å². The Morgan fingerprint density at radius 3 is 2.90 bits per heavy atom. The molecule has 0 spiro atoms. The average Bonchev–Trinajstić information content (AvgIpc) is 2.88. The van der Waals surface area contributed by atoms with Crippen LogP contribution in [0.4, 0.5) is 5.69 Å². The number of nitrogens with one attached hydrogen (secondary N) is 1. The number of para-hydroxylation sites is 1. The minimum Gasteiger partial charge on any atom is -0.488 e. The van der Waals surface area contributed by atoms with Crippen LogP contribution in [-0.4, -0.2) is 12.6 Å². The van der Waals surface area contributed by atoms with E-state index in [0.717, 1.165) is 23.4 Å². The third-order valence-electron chi connectivity index (χ3n) is 3.62. The van der Waals surface area contributed by atoms with Gasteiger partial charge in [0.1, 0.15) is 17.9 Å². The first-order valence-electron chi connectivity index (χ1n) is 6.76. The summed E-state index contributed by atoms with van der Waals surface area (Å²) in [6.45, 7) is 2.65. The van der Waals surface area contributed by atoms with Gasteiger partial charge in [-0.15, -0.1) is 0 Å². The summed E-state index contributed by atoms with van der Waals surface area (Å²) in [6.07, 6.45) is 1.04. The fourth-order valence-corrected chi connectivity index (χ4v) is 2.56. The van der Waals surface area contributed by atoms with E-state index in [1.807, 2.05) is 43.3 Å². The Labute approximate surface area is 118 Å². The molecule has 1 atom stereocenters. The van der Waals surface area contributed by atoms with E-state index in [1.165, 1.54) is 5.56 Å². The van der Waals surface area contributed by atoms with Crippen molar-refractivity contribution in [3.05, 3.63) is 59.2 Å². The van der Waals surface area contributed by atoms with E-state index in [1.54, 1.807) is 0 Å². The molecule has 0 bridgehead atoms. The van der Waals surface area contributed by atoms with Gasteiger partial charge < -0.3 is 10.1 Å². The lowest BCUT2D eigenvalue weighted by atomic mass is 10.1. The summed E-state index contributed by atoms with van der Waals surface area (Å²) in [5.41, 5.74) is 3.84. The minimum absolute atomic E-state index is 0.124. The molecule has 3 heteroatoms. The molecule has 0 aliphatic carbocycles. The van der Waals surface area contributed by atoms with Crippen molar-refractivity contribution in [2.45, 2.75) is 19.4 Å². The normalized spacial score (nSPS) is 16.1. The zero-order valence-corrected chi connectivity index (χ0v) is 11.4. The maximum atomic E-state index is 9.21. The second-order valence-electron chi connectivity index (χ2n) is 5.04. The van der Waals surface area contributed by atoms with Crippen LogP contribution in [0.15, 0.2) is 42.5 Å². The van der Waals surface area contributed by atoms with Crippen molar-refractivity contribution in [1.82, 2.24) is 0 Å². The summed E-state index contributed by atoms with van der Waals surface area (Å²) in [5.74, 6) is 0.976.